The summed E-state index contributed by atoms with van der Waals surface area (Å²) in [6.07, 6.45) is 0.486. The third-order valence-corrected chi connectivity index (χ3v) is 8.36. The van der Waals surface area contributed by atoms with E-state index in [2.05, 4.69) is 5.32 Å². The molecule has 0 spiro atoms. The molecule has 3 aromatic rings. The zero-order valence-electron chi connectivity index (χ0n) is 23.2. The Balaban J connectivity index is 2.02. The Labute approximate surface area is 241 Å². The van der Waals surface area contributed by atoms with Crippen molar-refractivity contribution in [3.05, 3.63) is 89.4 Å². The zero-order chi connectivity index (χ0) is 29.3. The van der Waals surface area contributed by atoms with Crippen LogP contribution in [0.1, 0.15) is 26.3 Å². The molecular weight excluding hydrogens is 550 g/mol. The molecule has 0 radical (unpaired) electrons. The first-order valence-corrected chi connectivity index (χ1v) is 14.9. The summed E-state index contributed by atoms with van der Waals surface area (Å²) in [4.78, 5) is 28.4. The second kappa shape index (κ2) is 14.2. The van der Waals surface area contributed by atoms with Crippen molar-refractivity contribution in [1.29, 1.82) is 0 Å². The Morgan fingerprint density at radius 2 is 1.57 bits per heavy atom. The molecule has 40 heavy (non-hydrogen) atoms. The van der Waals surface area contributed by atoms with Crippen LogP contribution in [0.2, 0.25) is 5.02 Å². The van der Waals surface area contributed by atoms with Gasteiger partial charge >= 0.3 is 0 Å². The number of amides is 2. The highest BCUT2D eigenvalue weighted by Gasteiger charge is 2.33. The van der Waals surface area contributed by atoms with Gasteiger partial charge in [0.05, 0.1) is 17.7 Å². The van der Waals surface area contributed by atoms with Crippen LogP contribution in [0.25, 0.3) is 0 Å². The smallest absolute Gasteiger partial charge is 0.264 e. The zero-order valence-corrected chi connectivity index (χ0v) is 24.8. The number of carbonyl (C=O) groups excluding carboxylic acids is 2. The van der Waals surface area contributed by atoms with Gasteiger partial charge < -0.3 is 15.0 Å². The van der Waals surface area contributed by atoms with Crippen molar-refractivity contribution in [2.45, 2.75) is 38.1 Å². The normalized spacial score (nSPS) is 12.1. The van der Waals surface area contributed by atoms with Crippen LogP contribution in [0.15, 0.2) is 83.8 Å². The number of halogens is 1. The monoisotopic (exact) mass is 585 g/mol. The van der Waals surface area contributed by atoms with Gasteiger partial charge in [0.15, 0.2) is 0 Å². The lowest BCUT2D eigenvalue weighted by atomic mass is 10.1. The summed E-state index contributed by atoms with van der Waals surface area (Å²) in [5.74, 6) is -0.390. The molecule has 0 unspecified atom stereocenters. The predicted molar refractivity (Wildman–Crippen MR) is 158 cm³/mol. The number of methoxy groups -OCH3 is 1. The average Bonchev–Trinajstić information content (AvgIpc) is 2.95. The minimum absolute atomic E-state index is 0.00314. The van der Waals surface area contributed by atoms with E-state index in [9.17, 15) is 18.0 Å². The van der Waals surface area contributed by atoms with Crippen molar-refractivity contribution in [2.75, 3.05) is 31.0 Å². The summed E-state index contributed by atoms with van der Waals surface area (Å²) in [5, 5.41) is 3.16. The number of ether oxygens (including phenoxy) is 1. The lowest BCUT2D eigenvalue weighted by Crippen LogP contribution is -2.52. The number of sulfonamides is 1. The van der Waals surface area contributed by atoms with Crippen LogP contribution < -0.4 is 14.4 Å². The summed E-state index contributed by atoms with van der Waals surface area (Å²) < 4.78 is 34.3. The number of hydrogen-bond acceptors (Lipinski definition) is 5. The van der Waals surface area contributed by atoms with E-state index in [1.807, 2.05) is 44.2 Å². The standard InChI is InChI=1S/C30H36ClN3O5S/c1-22(2)20-32-30(36)23(3)33(18-17-24-11-7-5-8-12-24)29(35)21-34(27-19-25(31)15-16-28(27)39-4)40(37,38)26-13-9-6-10-14-26/h5-16,19,22-23H,17-18,20-21H2,1-4H3,(H,32,36)/t23-/m1/s1. The molecule has 10 heteroatoms. The SMILES string of the molecule is COc1ccc(Cl)cc1N(CC(=O)N(CCc1ccccc1)[C@H](C)C(=O)NCC(C)C)S(=O)(=O)c1ccccc1. The van der Waals surface area contributed by atoms with Crippen LogP contribution >= 0.6 is 11.6 Å². The van der Waals surface area contributed by atoms with Crippen molar-refractivity contribution >= 4 is 39.1 Å². The van der Waals surface area contributed by atoms with Gasteiger partial charge in [-0.15, -0.1) is 0 Å². The van der Waals surface area contributed by atoms with Gasteiger partial charge in [-0.2, -0.15) is 0 Å². The number of hydrogen-bond donors (Lipinski definition) is 1. The molecule has 1 N–H and O–H groups in total. The highest BCUT2D eigenvalue weighted by molar-refractivity contribution is 7.92. The van der Waals surface area contributed by atoms with Crippen molar-refractivity contribution < 1.29 is 22.7 Å². The number of nitrogens with one attached hydrogen (secondary N) is 1. The minimum atomic E-state index is -4.22. The summed E-state index contributed by atoms with van der Waals surface area (Å²) >= 11 is 6.26. The number of rotatable bonds is 13. The molecule has 8 nitrogen and oxygen atoms in total. The third kappa shape index (κ3) is 7.99. The minimum Gasteiger partial charge on any atom is -0.495 e. The van der Waals surface area contributed by atoms with E-state index >= 15 is 0 Å². The van der Waals surface area contributed by atoms with Gasteiger partial charge in [0, 0.05) is 18.1 Å². The van der Waals surface area contributed by atoms with E-state index in [0.29, 0.717) is 13.0 Å². The first kappa shape index (κ1) is 31.0. The molecule has 214 valence electrons. The quantitative estimate of drug-likeness (QED) is 0.312. The Hall–Kier alpha value is -3.56. The molecule has 0 heterocycles. The van der Waals surface area contributed by atoms with Crippen molar-refractivity contribution in [3.8, 4) is 5.75 Å². The second-order valence-corrected chi connectivity index (χ2v) is 12.1. The average molecular weight is 586 g/mol. The fourth-order valence-corrected chi connectivity index (χ4v) is 5.72. The van der Waals surface area contributed by atoms with Gasteiger partial charge in [-0.3, -0.25) is 13.9 Å². The van der Waals surface area contributed by atoms with Crippen LogP contribution in [-0.2, 0) is 26.0 Å². The number of anilines is 1. The highest BCUT2D eigenvalue weighted by Crippen LogP contribution is 2.35. The molecule has 0 aliphatic rings. The molecule has 0 bridgehead atoms. The van der Waals surface area contributed by atoms with Crippen LogP contribution in [0, 0.1) is 5.92 Å². The topological polar surface area (TPSA) is 96.0 Å². The molecule has 0 aliphatic heterocycles. The van der Waals surface area contributed by atoms with Crippen LogP contribution in [0.3, 0.4) is 0 Å². The maximum atomic E-state index is 14.0. The molecule has 3 rings (SSSR count). The summed E-state index contributed by atoms with van der Waals surface area (Å²) in [6, 6.07) is 21.2. The second-order valence-electron chi connectivity index (χ2n) is 9.78. The maximum absolute atomic E-state index is 14.0. The molecule has 1 atom stereocenters. The number of nitrogens with zero attached hydrogens (tertiary/aromatic N) is 2. The predicted octanol–water partition coefficient (Wildman–Crippen LogP) is 4.78. The van der Waals surface area contributed by atoms with Gasteiger partial charge in [0.1, 0.15) is 18.3 Å². The number of carbonyl (C=O) groups is 2. The molecule has 0 saturated carbocycles. The first-order valence-electron chi connectivity index (χ1n) is 13.1. The van der Waals surface area contributed by atoms with Crippen LogP contribution in [-0.4, -0.2) is 57.9 Å². The maximum Gasteiger partial charge on any atom is 0.264 e. The Morgan fingerprint density at radius 1 is 0.950 bits per heavy atom. The Morgan fingerprint density at radius 3 is 2.17 bits per heavy atom. The van der Waals surface area contributed by atoms with Gasteiger partial charge in [-0.1, -0.05) is 74.0 Å². The van der Waals surface area contributed by atoms with Crippen molar-refractivity contribution in [3.63, 3.8) is 0 Å². The van der Waals surface area contributed by atoms with E-state index < -0.39 is 28.5 Å². The van der Waals surface area contributed by atoms with E-state index in [1.54, 1.807) is 37.3 Å². The lowest BCUT2D eigenvalue weighted by molar-refractivity contribution is -0.138. The summed E-state index contributed by atoms with van der Waals surface area (Å²) in [6.45, 7) is 5.71. The highest BCUT2D eigenvalue weighted by atomic mass is 35.5. The molecule has 0 fully saturated rings. The van der Waals surface area contributed by atoms with Crippen LogP contribution in [0.4, 0.5) is 5.69 Å². The first-order chi connectivity index (χ1) is 19.0. The molecule has 3 aromatic carbocycles. The van der Waals surface area contributed by atoms with Gasteiger partial charge in [0.2, 0.25) is 11.8 Å². The lowest BCUT2D eigenvalue weighted by Gasteiger charge is -2.32. The molecule has 2 amide bonds. The van der Waals surface area contributed by atoms with Crippen LogP contribution in [0.5, 0.6) is 5.75 Å². The summed E-state index contributed by atoms with van der Waals surface area (Å²) in [5.41, 5.74) is 1.10. The van der Waals surface area contributed by atoms with Gasteiger partial charge in [-0.05, 0) is 55.2 Å². The number of benzene rings is 3. The third-order valence-electron chi connectivity index (χ3n) is 6.36. The van der Waals surface area contributed by atoms with Crippen molar-refractivity contribution in [2.24, 2.45) is 5.92 Å². The molecule has 0 aliphatic carbocycles. The largest absolute Gasteiger partial charge is 0.495 e. The molecule has 0 saturated heterocycles. The van der Waals surface area contributed by atoms with E-state index in [1.165, 1.54) is 30.2 Å². The molecule has 0 aromatic heterocycles. The Bertz CT molecular complexity index is 1380. The Kier molecular flexibility index (Phi) is 11.0. The summed E-state index contributed by atoms with van der Waals surface area (Å²) in [7, 11) is -2.81. The van der Waals surface area contributed by atoms with E-state index in [0.717, 1.165) is 9.87 Å². The fourth-order valence-electron chi connectivity index (χ4n) is 4.11. The van der Waals surface area contributed by atoms with Gasteiger partial charge in [0.25, 0.3) is 10.0 Å². The van der Waals surface area contributed by atoms with Crippen molar-refractivity contribution in [1.82, 2.24) is 10.2 Å². The fraction of sp³-hybridized carbons (Fsp3) is 0.333. The van der Waals surface area contributed by atoms with E-state index in [-0.39, 0.29) is 39.7 Å². The van der Waals surface area contributed by atoms with E-state index in [4.69, 9.17) is 16.3 Å². The molecular formula is C30H36ClN3O5S. The van der Waals surface area contributed by atoms with Gasteiger partial charge in [-0.25, -0.2) is 8.42 Å².